The fourth-order valence-corrected chi connectivity index (χ4v) is 3.42. The third kappa shape index (κ3) is 2.14. The Morgan fingerprint density at radius 3 is 2.91 bits per heavy atom. The highest BCUT2D eigenvalue weighted by Crippen LogP contribution is 2.26. The Balaban J connectivity index is 1.65. The van der Waals surface area contributed by atoms with Gasteiger partial charge in [0.15, 0.2) is 5.16 Å². The van der Waals surface area contributed by atoms with Gasteiger partial charge in [0.25, 0.3) is 0 Å². The van der Waals surface area contributed by atoms with Crippen molar-refractivity contribution in [2.24, 2.45) is 0 Å². The zero-order valence-corrected chi connectivity index (χ0v) is 12.5. The molecular weight excluding hydrogens is 292 g/mol. The van der Waals surface area contributed by atoms with Crippen molar-refractivity contribution in [3.63, 3.8) is 0 Å². The van der Waals surface area contributed by atoms with Crippen LogP contribution < -0.4 is 0 Å². The molecule has 0 bridgehead atoms. The average molecular weight is 304 g/mol. The summed E-state index contributed by atoms with van der Waals surface area (Å²) in [6.45, 7) is 0. The van der Waals surface area contributed by atoms with Crippen molar-refractivity contribution in [3.8, 4) is 6.07 Å². The number of benzene rings is 1. The number of para-hydroxylation sites is 2. The minimum Gasteiger partial charge on any atom is -0.333 e. The van der Waals surface area contributed by atoms with Crippen molar-refractivity contribution in [2.45, 2.75) is 10.9 Å². The Bertz CT molecular complexity index is 973. The molecule has 0 radical (unpaired) electrons. The maximum absolute atomic E-state index is 9.42. The lowest BCUT2D eigenvalue weighted by Crippen LogP contribution is -1.83. The molecule has 0 aliphatic rings. The Kier molecular flexibility index (Phi) is 3.10. The predicted octanol–water partition coefficient (Wildman–Crippen LogP) is 3.98. The van der Waals surface area contributed by atoms with Crippen LogP contribution in [0.15, 0.2) is 60.0 Å². The second kappa shape index (κ2) is 5.24. The first kappa shape index (κ1) is 13.0. The van der Waals surface area contributed by atoms with E-state index in [4.69, 9.17) is 0 Å². The summed E-state index contributed by atoms with van der Waals surface area (Å²) < 4.78 is 1.99. The van der Waals surface area contributed by atoms with E-state index in [-0.39, 0.29) is 0 Å². The number of rotatable bonds is 3. The van der Waals surface area contributed by atoms with Crippen molar-refractivity contribution >= 4 is 28.3 Å². The van der Waals surface area contributed by atoms with Crippen molar-refractivity contribution in [1.29, 1.82) is 5.26 Å². The summed E-state index contributed by atoms with van der Waals surface area (Å²) in [5, 5.41) is 10.3. The number of hydrogen-bond donors (Lipinski definition) is 1. The van der Waals surface area contributed by atoms with Gasteiger partial charge in [0.2, 0.25) is 0 Å². The van der Waals surface area contributed by atoms with Crippen LogP contribution in [0.2, 0.25) is 0 Å². The summed E-state index contributed by atoms with van der Waals surface area (Å²) in [6.07, 6.45) is 3.98. The van der Waals surface area contributed by atoms with Crippen LogP contribution >= 0.6 is 11.8 Å². The second-order valence-corrected chi connectivity index (χ2v) is 5.95. The molecule has 0 fully saturated rings. The normalized spacial score (nSPS) is 11.0. The number of hydrogen-bond acceptors (Lipinski definition) is 3. The lowest BCUT2D eigenvalue weighted by Gasteiger charge is -1.95. The van der Waals surface area contributed by atoms with Gasteiger partial charge in [-0.1, -0.05) is 30.0 Å². The highest BCUT2D eigenvalue weighted by molar-refractivity contribution is 7.98. The minimum atomic E-state index is 0.713. The van der Waals surface area contributed by atoms with Gasteiger partial charge in [0, 0.05) is 18.1 Å². The van der Waals surface area contributed by atoms with Crippen LogP contribution in [0.4, 0.5) is 0 Å². The fourth-order valence-electron chi connectivity index (χ4n) is 2.56. The maximum Gasteiger partial charge on any atom is 0.166 e. The van der Waals surface area contributed by atoms with Crippen LogP contribution in [0.5, 0.6) is 0 Å². The van der Waals surface area contributed by atoms with Gasteiger partial charge >= 0.3 is 0 Å². The van der Waals surface area contributed by atoms with Gasteiger partial charge in [0.1, 0.15) is 6.07 Å². The second-order valence-electron chi connectivity index (χ2n) is 4.98. The number of nitriles is 1. The van der Waals surface area contributed by atoms with E-state index in [9.17, 15) is 5.26 Å². The maximum atomic E-state index is 9.42. The molecule has 3 aromatic heterocycles. The number of imidazole rings is 1. The Labute approximate surface area is 131 Å². The third-order valence-corrected chi connectivity index (χ3v) is 4.53. The Morgan fingerprint density at radius 1 is 1.18 bits per heavy atom. The van der Waals surface area contributed by atoms with Crippen LogP contribution in [0.25, 0.3) is 16.6 Å². The van der Waals surface area contributed by atoms with E-state index in [2.05, 4.69) is 16.0 Å². The summed E-state index contributed by atoms with van der Waals surface area (Å²) in [5.74, 6) is 0.713. The molecule has 22 heavy (non-hydrogen) atoms. The molecule has 5 heteroatoms. The van der Waals surface area contributed by atoms with Crippen LogP contribution in [-0.4, -0.2) is 14.4 Å². The SMILES string of the molecule is N#Cc1c(CSc2nc3ccccc3[nH]2)cn2ccccc12. The first-order valence-electron chi connectivity index (χ1n) is 6.91. The van der Waals surface area contributed by atoms with Crippen molar-refractivity contribution in [1.82, 2.24) is 14.4 Å². The molecule has 0 amide bonds. The van der Waals surface area contributed by atoms with E-state index < -0.39 is 0 Å². The molecule has 0 spiro atoms. The van der Waals surface area contributed by atoms with E-state index in [0.717, 1.165) is 32.8 Å². The number of nitrogens with one attached hydrogen (secondary N) is 1. The molecule has 0 aliphatic carbocycles. The van der Waals surface area contributed by atoms with Gasteiger partial charge in [-0.2, -0.15) is 5.26 Å². The summed E-state index contributed by atoms with van der Waals surface area (Å²) in [4.78, 5) is 7.85. The summed E-state index contributed by atoms with van der Waals surface area (Å²) in [7, 11) is 0. The van der Waals surface area contributed by atoms with Crippen molar-refractivity contribution in [3.05, 3.63) is 66.0 Å². The molecule has 0 atom stereocenters. The number of aromatic nitrogens is 3. The van der Waals surface area contributed by atoms with Crippen LogP contribution in [0.1, 0.15) is 11.1 Å². The quantitative estimate of drug-likeness (QED) is 0.582. The number of pyridine rings is 1. The van der Waals surface area contributed by atoms with Crippen molar-refractivity contribution < 1.29 is 0 Å². The van der Waals surface area contributed by atoms with Gasteiger partial charge in [-0.3, -0.25) is 0 Å². The molecule has 4 rings (SSSR count). The fraction of sp³-hybridized carbons (Fsp3) is 0.0588. The predicted molar refractivity (Wildman–Crippen MR) is 87.8 cm³/mol. The van der Waals surface area contributed by atoms with Gasteiger partial charge in [-0.05, 0) is 29.8 Å². The van der Waals surface area contributed by atoms with Gasteiger partial charge in [0.05, 0.1) is 22.1 Å². The first-order valence-corrected chi connectivity index (χ1v) is 7.90. The monoisotopic (exact) mass is 304 g/mol. The van der Waals surface area contributed by atoms with Gasteiger partial charge < -0.3 is 9.38 Å². The molecule has 1 aromatic carbocycles. The molecule has 4 nitrogen and oxygen atoms in total. The number of H-pyrrole nitrogens is 1. The Morgan fingerprint density at radius 2 is 2.05 bits per heavy atom. The molecule has 3 heterocycles. The lowest BCUT2D eigenvalue weighted by molar-refractivity contribution is 1.08. The number of nitrogens with zero attached hydrogens (tertiary/aromatic N) is 3. The third-order valence-electron chi connectivity index (χ3n) is 3.61. The molecule has 1 N–H and O–H groups in total. The summed E-state index contributed by atoms with van der Waals surface area (Å²) >= 11 is 1.61. The zero-order chi connectivity index (χ0) is 14.9. The molecular formula is C17H12N4S. The van der Waals surface area contributed by atoms with E-state index in [1.54, 1.807) is 11.8 Å². The van der Waals surface area contributed by atoms with Gasteiger partial charge in [-0.25, -0.2) is 4.98 Å². The number of thioether (sulfide) groups is 1. The largest absolute Gasteiger partial charge is 0.333 e. The van der Waals surface area contributed by atoms with Gasteiger partial charge in [-0.15, -0.1) is 0 Å². The van der Waals surface area contributed by atoms with Crippen LogP contribution in [-0.2, 0) is 5.75 Å². The summed E-state index contributed by atoms with van der Waals surface area (Å²) in [6, 6.07) is 16.2. The van der Waals surface area contributed by atoms with E-state index in [0.29, 0.717) is 5.75 Å². The van der Waals surface area contributed by atoms with E-state index >= 15 is 0 Å². The number of fused-ring (bicyclic) bond motifs is 2. The molecule has 0 aliphatic heterocycles. The zero-order valence-electron chi connectivity index (χ0n) is 11.7. The number of aromatic amines is 1. The highest BCUT2D eigenvalue weighted by Gasteiger charge is 2.11. The molecule has 0 saturated carbocycles. The van der Waals surface area contributed by atoms with E-state index in [1.165, 1.54) is 0 Å². The standard InChI is InChI=1S/C17H12N4S/c18-9-13-12(10-21-8-4-3-7-16(13)21)11-22-17-19-14-5-1-2-6-15(14)20-17/h1-8,10H,11H2,(H,19,20). The molecule has 4 aromatic rings. The average Bonchev–Trinajstić information content (AvgIpc) is 3.12. The highest BCUT2D eigenvalue weighted by atomic mass is 32.2. The molecule has 106 valence electrons. The van der Waals surface area contributed by atoms with Crippen molar-refractivity contribution in [2.75, 3.05) is 0 Å². The Hall–Kier alpha value is -2.71. The van der Waals surface area contributed by atoms with E-state index in [1.807, 2.05) is 59.3 Å². The lowest BCUT2D eigenvalue weighted by atomic mass is 10.2. The molecule has 0 saturated heterocycles. The minimum absolute atomic E-state index is 0.713. The smallest absolute Gasteiger partial charge is 0.166 e. The topological polar surface area (TPSA) is 56.9 Å². The first-order chi connectivity index (χ1) is 10.8. The van der Waals surface area contributed by atoms with Crippen LogP contribution in [0, 0.1) is 11.3 Å². The summed E-state index contributed by atoms with van der Waals surface area (Å²) in [5.41, 5.74) is 4.72. The van der Waals surface area contributed by atoms with Crippen LogP contribution in [0.3, 0.4) is 0 Å². The molecule has 0 unspecified atom stereocenters.